The van der Waals surface area contributed by atoms with Gasteiger partial charge in [0.25, 0.3) is 10.1 Å². The van der Waals surface area contributed by atoms with Gasteiger partial charge in [0.1, 0.15) is 5.58 Å². The first-order valence-corrected chi connectivity index (χ1v) is 10.3. The summed E-state index contributed by atoms with van der Waals surface area (Å²) in [6, 6.07) is 3.53. The largest absolute Gasteiger partial charge is 0.493 e. The Kier molecular flexibility index (Phi) is 5.52. The fourth-order valence-electron chi connectivity index (χ4n) is 3.16. The zero-order valence-corrected chi connectivity index (χ0v) is 15.7. The second kappa shape index (κ2) is 7.67. The van der Waals surface area contributed by atoms with E-state index in [0.717, 1.165) is 42.0 Å². The van der Waals surface area contributed by atoms with Crippen molar-refractivity contribution in [3.05, 3.63) is 33.7 Å². The van der Waals surface area contributed by atoms with Crippen molar-refractivity contribution in [2.75, 3.05) is 26.6 Å². The maximum absolute atomic E-state index is 12.1. The summed E-state index contributed by atoms with van der Waals surface area (Å²) in [4.78, 5) is 12.1. The number of fused-ring (bicyclic) bond motifs is 3. The number of rotatable bonds is 8. The maximum Gasteiger partial charge on any atom is 0.339 e. The molecule has 1 heterocycles. The van der Waals surface area contributed by atoms with Gasteiger partial charge in [0.2, 0.25) is 0 Å². The summed E-state index contributed by atoms with van der Waals surface area (Å²) < 4.78 is 43.1. The molecule has 1 aromatic carbocycles. The third kappa shape index (κ3) is 4.19. The number of hydrogen-bond acceptors (Lipinski definition) is 7. The highest BCUT2D eigenvalue weighted by Crippen LogP contribution is 2.36. The van der Waals surface area contributed by atoms with Crippen LogP contribution in [0.25, 0.3) is 11.0 Å². The summed E-state index contributed by atoms with van der Waals surface area (Å²) in [5.74, 6) is 1.07. The quantitative estimate of drug-likeness (QED) is 0.393. The van der Waals surface area contributed by atoms with Crippen molar-refractivity contribution < 1.29 is 26.5 Å². The van der Waals surface area contributed by atoms with Gasteiger partial charge < -0.3 is 13.9 Å². The average Bonchev–Trinajstić information content (AvgIpc) is 3.07. The molecule has 0 bridgehead atoms. The summed E-state index contributed by atoms with van der Waals surface area (Å²) in [5.41, 5.74) is 2.02. The molecule has 0 N–H and O–H groups in total. The van der Waals surface area contributed by atoms with Crippen LogP contribution >= 0.6 is 0 Å². The van der Waals surface area contributed by atoms with Crippen molar-refractivity contribution in [3.63, 3.8) is 0 Å². The Bertz CT molecular complexity index is 960. The van der Waals surface area contributed by atoms with E-state index in [1.54, 1.807) is 6.07 Å². The summed E-state index contributed by atoms with van der Waals surface area (Å²) >= 11 is 0. The smallest absolute Gasteiger partial charge is 0.339 e. The number of aryl methyl sites for hydroxylation is 1. The second-order valence-corrected chi connectivity index (χ2v) is 7.93. The van der Waals surface area contributed by atoms with Gasteiger partial charge in [-0.15, -0.1) is 0 Å². The summed E-state index contributed by atoms with van der Waals surface area (Å²) in [7, 11) is -1.88. The van der Waals surface area contributed by atoms with E-state index in [1.165, 1.54) is 7.11 Å². The van der Waals surface area contributed by atoms with E-state index in [2.05, 4.69) is 0 Å². The van der Waals surface area contributed by atoms with E-state index in [9.17, 15) is 13.2 Å². The highest BCUT2D eigenvalue weighted by Gasteiger charge is 2.21. The molecule has 8 heteroatoms. The molecule has 0 fully saturated rings. The standard InChI is InChI=1S/C18H22O7S/c1-22-16-11-15-14(12-6-5-7-13(12)18(19)25-15)10-17(16)23-8-3-4-9-24-26(2,20)21/h10-11H,3-9H2,1-2H3. The monoisotopic (exact) mass is 382 g/mol. The zero-order valence-electron chi connectivity index (χ0n) is 14.9. The van der Waals surface area contributed by atoms with Crippen LogP contribution in [0.4, 0.5) is 0 Å². The fourth-order valence-corrected chi connectivity index (χ4v) is 3.58. The molecule has 1 aliphatic carbocycles. The Balaban J connectivity index is 1.74. The molecular formula is C18H22O7S. The summed E-state index contributed by atoms with van der Waals surface area (Å²) in [6.07, 6.45) is 4.77. The predicted octanol–water partition coefficient (Wildman–Crippen LogP) is 2.43. The van der Waals surface area contributed by atoms with E-state index in [0.29, 0.717) is 36.5 Å². The highest BCUT2D eigenvalue weighted by molar-refractivity contribution is 7.85. The van der Waals surface area contributed by atoms with Crippen molar-refractivity contribution >= 4 is 21.1 Å². The van der Waals surface area contributed by atoms with Gasteiger partial charge in [-0.25, -0.2) is 4.79 Å². The van der Waals surface area contributed by atoms with Gasteiger partial charge in [-0.05, 0) is 43.7 Å². The Morgan fingerprint density at radius 1 is 1.08 bits per heavy atom. The molecular weight excluding hydrogens is 360 g/mol. The van der Waals surface area contributed by atoms with Gasteiger partial charge >= 0.3 is 5.63 Å². The molecule has 1 aromatic heterocycles. The zero-order chi connectivity index (χ0) is 18.7. The lowest BCUT2D eigenvalue weighted by atomic mass is 10.1. The first-order valence-electron chi connectivity index (χ1n) is 8.53. The minimum atomic E-state index is -3.40. The van der Waals surface area contributed by atoms with Crippen LogP contribution in [0.3, 0.4) is 0 Å². The van der Waals surface area contributed by atoms with Crippen LogP contribution in [0.15, 0.2) is 21.3 Å². The molecule has 3 rings (SSSR count). The van der Waals surface area contributed by atoms with Crippen LogP contribution in [-0.4, -0.2) is 35.0 Å². The first kappa shape index (κ1) is 18.7. The number of unbranched alkanes of at least 4 members (excludes halogenated alkanes) is 1. The van der Waals surface area contributed by atoms with E-state index in [1.807, 2.05) is 6.07 Å². The van der Waals surface area contributed by atoms with Crippen LogP contribution in [0.1, 0.15) is 30.4 Å². The molecule has 0 atom stereocenters. The van der Waals surface area contributed by atoms with Crippen LogP contribution < -0.4 is 15.1 Å². The van der Waals surface area contributed by atoms with Crippen molar-refractivity contribution in [1.82, 2.24) is 0 Å². The van der Waals surface area contributed by atoms with Gasteiger partial charge in [0, 0.05) is 17.0 Å². The molecule has 0 unspecified atom stereocenters. The molecule has 0 radical (unpaired) electrons. The van der Waals surface area contributed by atoms with Gasteiger partial charge in [0.05, 0.1) is 26.6 Å². The minimum Gasteiger partial charge on any atom is -0.493 e. The topological polar surface area (TPSA) is 92.0 Å². The van der Waals surface area contributed by atoms with E-state index >= 15 is 0 Å². The Hall–Kier alpha value is -2.06. The number of benzene rings is 1. The van der Waals surface area contributed by atoms with Crippen LogP contribution in [0.5, 0.6) is 11.5 Å². The SMILES string of the molecule is COc1cc2oc(=O)c3c(c2cc1OCCCCOS(C)(=O)=O)CCC3. The lowest BCUT2D eigenvalue weighted by Gasteiger charge is -2.13. The second-order valence-electron chi connectivity index (χ2n) is 6.28. The van der Waals surface area contributed by atoms with E-state index in [4.69, 9.17) is 18.1 Å². The van der Waals surface area contributed by atoms with Gasteiger partial charge in [-0.1, -0.05) is 0 Å². The normalized spacial score (nSPS) is 13.8. The molecule has 142 valence electrons. The Labute approximate surface area is 152 Å². The number of methoxy groups -OCH3 is 1. The lowest BCUT2D eigenvalue weighted by molar-refractivity contribution is 0.261. The van der Waals surface area contributed by atoms with Crippen molar-refractivity contribution in [3.8, 4) is 11.5 Å². The Morgan fingerprint density at radius 2 is 1.81 bits per heavy atom. The highest BCUT2D eigenvalue weighted by atomic mass is 32.2. The maximum atomic E-state index is 12.1. The third-order valence-electron chi connectivity index (χ3n) is 4.35. The summed E-state index contributed by atoms with van der Waals surface area (Å²) in [5, 5.41) is 0.883. The molecule has 0 saturated heterocycles. The molecule has 0 amide bonds. The predicted molar refractivity (Wildman–Crippen MR) is 96.6 cm³/mol. The van der Waals surface area contributed by atoms with Gasteiger partial charge in [-0.2, -0.15) is 8.42 Å². The molecule has 0 saturated carbocycles. The third-order valence-corrected chi connectivity index (χ3v) is 4.95. The number of ether oxygens (including phenoxy) is 2. The molecule has 0 aliphatic heterocycles. The Morgan fingerprint density at radius 3 is 2.54 bits per heavy atom. The van der Waals surface area contributed by atoms with Crippen molar-refractivity contribution in [1.29, 1.82) is 0 Å². The van der Waals surface area contributed by atoms with Crippen LogP contribution in [0.2, 0.25) is 0 Å². The molecule has 0 spiro atoms. The lowest BCUT2D eigenvalue weighted by Crippen LogP contribution is -2.08. The van der Waals surface area contributed by atoms with Crippen molar-refractivity contribution in [2.45, 2.75) is 32.1 Å². The van der Waals surface area contributed by atoms with Gasteiger partial charge in [-0.3, -0.25) is 4.18 Å². The minimum absolute atomic E-state index is 0.135. The molecule has 7 nitrogen and oxygen atoms in total. The van der Waals surface area contributed by atoms with Crippen LogP contribution in [0, 0.1) is 0 Å². The summed E-state index contributed by atoms with van der Waals surface area (Å²) in [6.45, 7) is 0.531. The molecule has 1 aliphatic rings. The molecule has 26 heavy (non-hydrogen) atoms. The van der Waals surface area contributed by atoms with E-state index in [-0.39, 0.29) is 12.2 Å². The van der Waals surface area contributed by atoms with Gasteiger partial charge in [0.15, 0.2) is 11.5 Å². The van der Waals surface area contributed by atoms with Crippen molar-refractivity contribution in [2.24, 2.45) is 0 Å². The average molecular weight is 382 g/mol. The van der Waals surface area contributed by atoms with E-state index < -0.39 is 10.1 Å². The fraction of sp³-hybridized carbons (Fsp3) is 0.500. The number of hydrogen-bond donors (Lipinski definition) is 0. The molecule has 2 aromatic rings. The first-order chi connectivity index (χ1) is 12.4. The van der Waals surface area contributed by atoms with Crippen LogP contribution in [-0.2, 0) is 27.1 Å².